The second-order valence-electron chi connectivity index (χ2n) is 0.931. The van der Waals surface area contributed by atoms with Gasteiger partial charge in [-0.2, -0.15) is 0 Å². The molecule has 0 saturated carbocycles. The molecule has 0 bridgehead atoms. The van der Waals surface area contributed by atoms with Gasteiger partial charge in [-0.15, -0.1) is 0 Å². The maximum Gasteiger partial charge on any atom is 0.141 e. The van der Waals surface area contributed by atoms with E-state index in [4.69, 9.17) is 0 Å². The topological polar surface area (TPSA) is 26.3 Å². The molecular weight excluding hydrogens is 200 g/mol. The van der Waals surface area contributed by atoms with Gasteiger partial charge in [-0.05, 0) is 0 Å². The van der Waals surface area contributed by atoms with Crippen molar-refractivity contribution in [1.29, 1.82) is 0 Å². The van der Waals surface area contributed by atoms with Crippen molar-refractivity contribution in [3.63, 3.8) is 0 Å². The molecule has 0 aromatic heterocycles. The van der Waals surface area contributed by atoms with Crippen LogP contribution in [0.15, 0.2) is 0 Å². The Hall–Kier alpha value is 0.810. The number of alkyl halides is 1. The lowest BCUT2D eigenvalue weighted by atomic mass is 11.8. The molecule has 44 valence electrons. The monoisotopic (exact) mass is 204 g/mol. The zero-order chi connectivity index (χ0) is 5.91. The van der Waals surface area contributed by atoms with Crippen molar-refractivity contribution < 1.29 is 8.39 Å². The van der Waals surface area contributed by atoms with Gasteiger partial charge in [0, 0.05) is 17.4 Å². The highest BCUT2D eigenvalue weighted by atomic mass is 79.9. The highest BCUT2D eigenvalue weighted by molar-refractivity contribution is 9.09. The molecule has 2 nitrogen and oxygen atoms in total. The highest BCUT2D eigenvalue weighted by Crippen LogP contribution is 1.89. The summed E-state index contributed by atoms with van der Waals surface area (Å²) in [6.07, 6.45) is 1.36. The van der Waals surface area contributed by atoms with Crippen LogP contribution in [0.1, 0.15) is 0 Å². The van der Waals surface area contributed by atoms with E-state index >= 15 is 0 Å². The van der Waals surface area contributed by atoms with Gasteiger partial charge < -0.3 is 0 Å². The molecule has 1 atom stereocenters. The molecule has 0 saturated heterocycles. The third-order valence-corrected chi connectivity index (χ3v) is 1.63. The van der Waals surface area contributed by atoms with Gasteiger partial charge in [0.25, 0.3) is 0 Å². The maximum atomic E-state index is 10.3. The van der Waals surface area contributed by atoms with Crippen LogP contribution in [-0.2, 0) is 24.1 Å². The Bertz CT molecular complexity index is 127. The van der Waals surface area contributed by atoms with Crippen LogP contribution < -0.4 is 0 Å². The number of hydrogen-bond donors (Lipinski definition) is 0. The third-order valence-electron chi connectivity index (χ3n) is 0.259. The molecule has 0 rings (SSSR count). The third kappa shape index (κ3) is 6.81. The summed E-state index contributed by atoms with van der Waals surface area (Å²) < 4.78 is 14.8. The van der Waals surface area contributed by atoms with E-state index in [0.29, 0.717) is 0 Å². The largest absolute Gasteiger partial charge is 0.279 e. The summed E-state index contributed by atoms with van der Waals surface area (Å²) in [6, 6.07) is 0. The lowest BCUT2D eigenvalue weighted by Gasteiger charge is -1.93. The Balaban J connectivity index is 3.60. The minimum Gasteiger partial charge on any atom is -0.279 e. The van der Waals surface area contributed by atoms with Crippen LogP contribution in [0.5, 0.6) is 0 Å². The van der Waals surface area contributed by atoms with E-state index in [9.17, 15) is 4.21 Å². The first-order valence-corrected chi connectivity index (χ1v) is 5.40. The second kappa shape index (κ2) is 2.96. The molecule has 0 spiro atoms. The lowest BCUT2D eigenvalue weighted by molar-refractivity contribution is 0.432. The summed E-state index contributed by atoms with van der Waals surface area (Å²) in [6.45, 7) is 0. The van der Waals surface area contributed by atoms with E-state index in [0.717, 1.165) is 0 Å². The number of hydrogen-bond acceptors (Lipinski definition) is 3. The van der Waals surface area contributed by atoms with E-state index in [1.54, 1.807) is 0 Å². The normalized spacial score (nSPS) is 18.6. The first kappa shape index (κ1) is 7.81. The molecule has 0 N–H and O–H groups in total. The van der Waals surface area contributed by atoms with Crippen molar-refractivity contribution in [3.05, 3.63) is 0 Å². The van der Waals surface area contributed by atoms with Gasteiger partial charge in [-0.1, -0.05) is 15.9 Å². The fourth-order valence-electron chi connectivity index (χ4n) is 0.0809. The molecular formula is C2H5BrO2S2. The van der Waals surface area contributed by atoms with Crippen LogP contribution in [0.4, 0.5) is 0 Å². The maximum absolute atomic E-state index is 10.3. The Kier molecular flexibility index (Phi) is 3.30. The summed E-state index contributed by atoms with van der Waals surface area (Å²) in [5.74, 6) is 0. The lowest BCUT2D eigenvalue weighted by Crippen LogP contribution is -1.97. The van der Waals surface area contributed by atoms with Crippen molar-refractivity contribution in [2.45, 2.75) is 0 Å². The SMILES string of the molecule is CS(=O)(=S)OCBr. The number of halogens is 1. The van der Waals surface area contributed by atoms with Crippen molar-refractivity contribution in [2.75, 3.05) is 11.8 Å². The zero-order valence-corrected chi connectivity index (χ0v) is 6.94. The molecule has 5 heteroatoms. The van der Waals surface area contributed by atoms with Gasteiger partial charge >= 0.3 is 0 Å². The summed E-state index contributed by atoms with van der Waals surface area (Å²) in [5.41, 5.74) is 0.242. The van der Waals surface area contributed by atoms with E-state index in [2.05, 4.69) is 31.3 Å². The molecule has 0 amide bonds. The summed E-state index contributed by atoms with van der Waals surface area (Å²) in [5, 5.41) is 0. The van der Waals surface area contributed by atoms with Crippen LogP contribution >= 0.6 is 15.9 Å². The van der Waals surface area contributed by atoms with Gasteiger partial charge in [0.1, 0.15) is 14.3 Å². The molecule has 0 aromatic carbocycles. The van der Waals surface area contributed by atoms with Crippen LogP contribution in [0.25, 0.3) is 0 Å². The van der Waals surface area contributed by atoms with Crippen LogP contribution in [0.3, 0.4) is 0 Å². The van der Waals surface area contributed by atoms with Crippen LogP contribution in [0.2, 0.25) is 0 Å². The first-order chi connectivity index (χ1) is 3.06. The minimum atomic E-state index is -2.39. The van der Waals surface area contributed by atoms with Gasteiger partial charge in [0.2, 0.25) is 0 Å². The standard InChI is InChI=1S/C2H5BrO2S2/c1-7(4,6)5-2-3/h2H2,1H3. The van der Waals surface area contributed by atoms with Gasteiger partial charge in [-0.25, -0.2) is 4.21 Å². The van der Waals surface area contributed by atoms with Gasteiger partial charge in [-0.3, -0.25) is 4.18 Å². The van der Waals surface area contributed by atoms with E-state index < -0.39 is 8.77 Å². The van der Waals surface area contributed by atoms with Gasteiger partial charge in [0.15, 0.2) is 0 Å². The Morgan fingerprint density at radius 3 is 2.43 bits per heavy atom. The average molecular weight is 205 g/mol. The van der Waals surface area contributed by atoms with E-state index in [-0.39, 0.29) is 5.52 Å². The first-order valence-electron chi connectivity index (χ1n) is 1.46. The average Bonchev–Trinajstić information content (AvgIpc) is 1.30. The zero-order valence-electron chi connectivity index (χ0n) is 3.72. The molecule has 0 heterocycles. The molecule has 0 aliphatic carbocycles. The van der Waals surface area contributed by atoms with Crippen LogP contribution in [-0.4, -0.2) is 16.0 Å². The molecule has 0 aliphatic heterocycles. The van der Waals surface area contributed by atoms with Crippen molar-refractivity contribution in [3.8, 4) is 0 Å². The minimum absolute atomic E-state index is 0.242. The smallest absolute Gasteiger partial charge is 0.141 e. The van der Waals surface area contributed by atoms with Crippen molar-refractivity contribution in [2.24, 2.45) is 0 Å². The fourth-order valence-corrected chi connectivity index (χ4v) is 1.83. The predicted molar refractivity (Wildman–Crippen MR) is 36.3 cm³/mol. The molecule has 0 aliphatic rings. The second-order valence-corrected chi connectivity index (χ2v) is 4.85. The highest BCUT2D eigenvalue weighted by Gasteiger charge is 1.90. The molecule has 0 aromatic rings. The Labute approximate surface area is 56.2 Å². The van der Waals surface area contributed by atoms with Gasteiger partial charge in [0.05, 0.1) is 0 Å². The Morgan fingerprint density at radius 2 is 2.43 bits per heavy atom. The number of rotatable bonds is 2. The van der Waals surface area contributed by atoms with Crippen LogP contribution in [0, 0.1) is 0 Å². The summed E-state index contributed by atoms with van der Waals surface area (Å²) in [4.78, 5) is 0. The quantitative estimate of drug-likeness (QED) is 0.619. The molecule has 7 heavy (non-hydrogen) atoms. The summed E-state index contributed by atoms with van der Waals surface area (Å²) >= 11 is 7.28. The van der Waals surface area contributed by atoms with E-state index in [1.807, 2.05) is 0 Å². The molecule has 0 radical (unpaired) electrons. The molecule has 0 fully saturated rings. The van der Waals surface area contributed by atoms with Crippen molar-refractivity contribution >= 4 is 35.9 Å². The van der Waals surface area contributed by atoms with Crippen molar-refractivity contribution in [1.82, 2.24) is 0 Å². The fraction of sp³-hybridized carbons (Fsp3) is 1.00. The Morgan fingerprint density at radius 1 is 2.00 bits per heavy atom. The van der Waals surface area contributed by atoms with E-state index in [1.165, 1.54) is 6.26 Å². The predicted octanol–water partition coefficient (Wildman–Crippen LogP) is 0.647. The molecule has 1 unspecified atom stereocenters. The summed E-state index contributed by atoms with van der Waals surface area (Å²) in [7, 11) is -2.39.